The van der Waals surface area contributed by atoms with Gasteiger partial charge in [0.1, 0.15) is 18.0 Å². The lowest BCUT2D eigenvalue weighted by atomic mass is 10.2. The van der Waals surface area contributed by atoms with Gasteiger partial charge in [0, 0.05) is 17.1 Å². The highest BCUT2D eigenvalue weighted by Gasteiger charge is 2.10. The van der Waals surface area contributed by atoms with Crippen molar-refractivity contribution in [2.45, 2.75) is 13.3 Å². The van der Waals surface area contributed by atoms with Gasteiger partial charge in [-0.15, -0.1) is 0 Å². The summed E-state index contributed by atoms with van der Waals surface area (Å²) in [6.45, 7) is 2.06. The molecule has 0 bridgehead atoms. The van der Waals surface area contributed by atoms with Crippen molar-refractivity contribution in [3.8, 4) is 0 Å². The fourth-order valence-corrected chi connectivity index (χ4v) is 2.51. The van der Waals surface area contributed by atoms with E-state index >= 15 is 0 Å². The van der Waals surface area contributed by atoms with Crippen LogP contribution in [-0.4, -0.2) is 17.0 Å². The standard InChI is InChI=1S/C13H14BrClN4/c1-3-9-12(16-2)17-7-18-13(9)19-11-5-4-8(14)6-10(11)15/h4-7H,3H2,1-2H3,(H2,16,17,18,19). The van der Waals surface area contributed by atoms with Gasteiger partial charge >= 0.3 is 0 Å². The van der Waals surface area contributed by atoms with E-state index in [9.17, 15) is 0 Å². The maximum absolute atomic E-state index is 6.20. The molecule has 0 aliphatic carbocycles. The first kappa shape index (κ1) is 14.1. The van der Waals surface area contributed by atoms with Crippen molar-refractivity contribution in [3.05, 3.63) is 39.6 Å². The quantitative estimate of drug-likeness (QED) is 0.873. The van der Waals surface area contributed by atoms with Gasteiger partial charge in [-0.25, -0.2) is 9.97 Å². The molecule has 100 valence electrons. The molecule has 4 nitrogen and oxygen atoms in total. The number of halogens is 2. The molecule has 0 aliphatic rings. The molecule has 19 heavy (non-hydrogen) atoms. The smallest absolute Gasteiger partial charge is 0.139 e. The molecule has 0 unspecified atom stereocenters. The first-order valence-corrected chi connectivity index (χ1v) is 7.06. The topological polar surface area (TPSA) is 49.8 Å². The summed E-state index contributed by atoms with van der Waals surface area (Å²) in [4.78, 5) is 8.49. The van der Waals surface area contributed by atoms with Crippen molar-refractivity contribution >= 4 is 44.9 Å². The molecule has 0 spiro atoms. The fourth-order valence-electron chi connectivity index (χ4n) is 1.79. The predicted molar refractivity (Wildman–Crippen MR) is 83.4 cm³/mol. The number of nitrogens with one attached hydrogen (secondary N) is 2. The average molecular weight is 342 g/mol. The van der Waals surface area contributed by atoms with E-state index in [4.69, 9.17) is 11.6 Å². The Morgan fingerprint density at radius 1 is 1.26 bits per heavy atom. The average Bonchev–Trinajstić information content (AvgIpc) is 2.41. The number of nitrogens with zero attached hydrogens (tertiary/aromatic N) is 2. The Hall–Kier alpha value is -1.33. The number of benzene rings is 1. The molecule has 1 heterocycles. The molecule has 1 aromatic carbocycles. The highest BCUT2D eigenvalue weighted by atomic mass is 79.9. The Morgan fingerprint density at radius 2 is 2.00 bits per heavy atom. The van der Waals surface area contributed by atoms with Gasteiger partial charge in [-0.2, -0.15) is 0 Å². The van der Waals surface area contributed by atoms with Crippen LogP contribution in [0.1, 0.15) is 12.5 Å². The second kappa shape index (κ2) is 6.21. The lowest BCUT2D eigenvalue weighted by Crippen LogP contribution is -2.05. The summed E-state index contributed by atoms with van der Waals surface area (Å²) in [7, 11) is 1.85. The van der Waals surface area contributed by atoms with E-state index in [1.807, 2.05) is 25.2 Å². The summed E-state index contributed by atoms with van der Waals surface area (Å²) in [5, 5.41) is 6.95. The summed E-state index contributed by atoms with van der Waals surface area (Å²) in [5.41, 5.74) is 1.85. The molecule has 0 amide bonds. The van der Waals surface area contributed by atoms with Crippen molar-refractivity contribution in [2.24, 2.45) is 0 Å². The van der Waals surface area contributed by atoms with Crippen LogP contribution in [0.5, 0.6) is 0 Å². The highest BCUT2D eigenvalue weighted by molar-refractivity contribution is 9.10. The van der Waals surface area contributed by atoms with Gasteiger partial charge in [-0.3, -0.25) is 0 Å². The third-order valence-electron chi connectivity index (χ3n) is 2.72. The Morgan fingerprint density at radius 3 is 2.63 bits per heavy atom. The molecule has 0 atom stereocenters. The Kier molecular flexibility index (Phi) is 4.61. The molecule has 0 fully saturated rings. The van der Waals surface area contributed by atoms with E-state index in [2.05, 4.69) is 43.5 Å². The van der Waals surface area contributed by atoms with Gasteiger partial charge in [0.2, 0.25) is 0 Å². The Bertz CT molecular complexity index is 589. The molecule has 1 aromatic heterocycles. The molecule has 2 N–H and O–H groups in total. The van der Waals surface area contributed by atoms with E-state index in [0.29, 0.717) is 5.02 Å². The van der Waals surface area contributed by atoms with E-state index in [-0.39, 0.29) is 0 Å². The van der Waals surface area contributed by atoms with Crippen molar-refractivity contribution in [1.82, 2.24) is 9.97 Å². The van der Waals surface area contributed by atoms with E-state index in [1.54, 1.807) is 0 Å². The minimum atomic E-state index is 0.640. The summed E-state index contributed by atoms with van der Waals surface area (Å²) in [6, 6.07) is 5.68. The van der Waals surface area contributed by atoms with E-state index < -0.39 is 0 Å². The van der Waals surface area contributed by atoms with Crippen LogP contribution in [0.15, 0.2) is 29.0 Å². The molecule has 6 heteroatoms. The van der Waals surface area contributed by atoms with Gasteiger partial charge in [0.25, 0.3) is 0 Å². The van der Waals surface area contributed by atoms with Gasteiger partial charge in [-0.1, -0.05) is 34.5 Å². The van der Waals surface area contributed by atoms with Crippen LogP contribution >= 0.6 is 27.5 Å². The lowest BCUT2D eigenvalue weighted by Gasteiger charge is -2.13. The second-order valence-corrected chi connectivity index (χ2v) is 5.23. The van der Waals surface area contributed by atoms with Crippen molar-refractivity contribution < 1.29 is 0 Å². The third kappa shape index (κ3) is 3.16. The minimum absolute atomic E-state index is 0.640. The van der Waals surface area contributed by atoms with Crippen molar-refractivity contribution in [1.29, 1.82) is 0 Å². The maximum atomic E-state index is 6.20. The highest BCUT2D eigenvalue weighted by Crippen LogP contribution is 2.30. The van der Waals surface area contributed by atoms with Crippen molar-refractivity contribution in [3.63, 3.8) is 0 Å². The fraction of sp³-hybridized carbons (Fsp3) is 0.231. The molecule has 2 aromatic rings. The SMILES string of the molecule is CCc1c(NC)ncnc1Nc1ccc(Br)cc1Cl. The summed E-state index contributed by atoms with van der Waals surface area (Å²) >= 11 is 9.58. The zero-order chi connectivity index (χ0) is 13.8. The first-order chi connectivity index (χ1) is 9.15. The molecule has 0 saturated carbocycles. The zero-order valence-corrected chi connectivity index (χ0v) is 13.0. The lowest BCUT2D eigenvalue weighted by molar-refractivity contribution is 1.05. The molecule has 0 radical (unpaired) electrons. The Balaban J connectivity index is 2.37. The number of hydrogen-bond donors (Lipinski definition) is 2. The maximum Gasteiger partial charge on any atom is 0.139 e. The van der Waals surface area contributed by atoms with Crippen LogP contribution in [0, 0.1) is 0 Å². The minimum Gasteiger partial charge on any atom is -0.373 e. The number of rotatable bonds is 4. The molecule has 0 saturated heterocycles. The predicted octanol–water partition coefficient (Wildman–Crippen LogP) is 4.24. The van der Waals surface area contributed by atoms with Gasteiger partial charge in [0.05, 0.1) is 10.7 Å². The number of hydrogen-bond acceptors (Lipinski definition) is 4. The van der Waals surface area contributed by atoms with Crippen LogP contribution in [0.25, 0.3) is 0 Å². The summed E-state index contributed by atoms with van der Waals surface area (Å²) in [6.07, 6.45) is 2.35. The summed E-state index contributed by atoms with van der Waals surface area (Å²) in [5.74, 6) is 1.60. The van der Waals surface area contributed by atoms with Crippen LogP contribution < -0.4 is 10.6 Å². The van der Waals surface area contributed by atoms with Gasteiger partial charge in [-0.05, 0) is 24.6 Å². The number of anilines is 3. The third-order valence-corrected chi connectivity index (χ3v) is 3.53. The van der Waals surface area contributed by atoms with Crippen LogP contribution in [-0.2, 0) is 6.42 Å². The zero-order valence-electron chi connectivity index (χ0n) is 10.7. The molecule has 0 aliphatic heterocycles. The molecular formula is C13H14BrClN4. The normalized spacial score (nSPS) is 10.3. The van der Waals surface area contributed by atoms with Crippen LogP contribution in [0.4, 0.5) is 17.3 Å². The van der Waals surface area contributed by atoms with E-state index in [1.165, 1.54) is 6.33 Å². The number of aromatic nitrogens is 2. The summed E-state index contributed by atoms with van der Waals surface area (Å²) < 4.78 is 0.942. The van der Waals surface area contributed by atoms with E-state index in [0.717, 1.165) is 33.8 Å². The first-order valence-electron chi connectivity index (χ1n) is 5.89. The molecular weight excluding hydrogens is 328 g/mol. The molecule has 2 rings (SSSR count). The van der Waals surface area contributed by atoms with Gasteiger partial charge < -0.3 is 10.6 Å². The van der Waals surface area contributed by atoms with Crippen molar-refractivity contribution in [2.75, 3.05) is 17.7 Å². The van der Waals surface area contributed by atoms with Crippen LogP contribution in [0.2, 0.25) is 5.02 Å². The van der Waals surface area contributed by atoms with Crippen LogP contribution in [0.3, 0.4) is 0 Å². The van der Waals surface area contributed by atoms with Gasteiger partial charge in [0.15, 0.2) is 0 Å². The Labute approximate surface area is 125 Å². The second-order valence-electron chi connectivity index (χ2n) is 3.90. The largest absolute Gasteiger partial charge is 0.373 e. The monoisotopic (exact) mass is 340 g/mol.